The lowest BCUT2D eigenvalue weighted by Gasteiger charge is -2.29. The van der Waals surface area contributed by atoms with Crippen molar-refractivity contribution in [1.82, 2.24) is 9.97 Å². The number of nitrogens with one attached hydrogen (secondary N) is 1. The van der Waals surface area contributed by atoms with Crippen LogP contribution in [0.2, 0.25) is 0 Å². The summed E-state index contributed by atoms with van der Waals surface area (Å²) in [6.45, 7) is 0. The lowest BCUT2D eigenvalue weighted by molar-refractivity contribution is -0.143. The Morgan fingerprint density at radius 3 is 2.40 bits per heavy atom. The molecule has 1 saturated carbocycles. The van der Waals surface area contributed by atoms with Crippen molar-refractivity contribution in [2.75, 3.05) is 19.5 Å². The number of aromatic nitrogens is 2. The zero-order valence-electron chi connectivity index (χ0n) is 11.6. The summed E-state index contributed by atoms with van der Waals surface area (Å²) in [6.07, 6.45) is 3.41. The van der Waals surface area contributed by atoms with E-state index in [1.165, 1.54) is 14.2 Å². The molecule has 0 saturated heterocycles. The molecule has 1 aromatic rings. The molecule has 1 aliphatic carbocycles. The monoisotopic (exact) mass is 281 g/mol. The van der Waals surface area contributed by atoms with Crippen LogP contribution >= 0.6 is 0 Å². The average molecular weight is 281 g/mol. The third kappa shape index (κ3) is 3.28. The molecule has 7 nitrogen and oxygen atoms in total. The SMILES string of the molecule is COc1cc(OC)nc(NC2CCCCC2C(=O)O)n1. The number of hydrogen-bond donors (Lipinski definition) is 2. The van der Waals surface area contributed by atoms with E-state index in [4.69, 9.17) is 9.47 Å². The molecule has 0 bridgehead atoms. The Balaban J connectivity index is 2.17. The fraction of sp³-hybridized carbons (Fsp3) is 0.615. The third-order valence-corrected chi connectivity index (χ3v) is 3.50. The highest BCUT2D eigenvalue weighted by atomic mass is 16.5. The van der Waals surface area contributed by atoms with Crippen LogP contribution in [0.25, 0.3) is 0 Å². The summed E-state index contributed by atoms with van der Waals surface area (Å²) in [4.78, 5) is 19.6. The van der Waals surface area contributed by atoms with Gasteiger partial charge in [-0.05, 0) is 12.8 Å². The molecule has 2 unspecified atom stereocenters. The van der Waals surface area contributed by atoms with Gasteiger partial charge in [0.1, 0.15) is 0 Å². The molecule has 2 N–H and O–H groups in total. The van der Waals surface area contributed by atoms with Crippen LogP contribution in [0.1, 0.15) is 25.7 Å². The van der Waals surface area contributed by atoms with Crippen molar-refractivity contribution < 1.29 is 19.4 Å². The van der Waals surface area contributed by atoms with E-state index in [9.17, 15) is 9.90 Å². The Hall–Kier alpha value is -2.05. The molecule has 0 amide bonds. The zero-order chi connectivity index (χ0) is 14.5. The standard InChI is InChI=1S/C13H19N3O4/c1-19-10-7-11(20-2)16-13(15-10)14-9-6-4-3-5-8(9)12(17)18/h7-9H,3-6H2,1-2H3,(H,17,18)(H,14,15,16). The van der Waals surface area contributed by atoms with Gasteiger partial charge >= 0.3 is 5.97 Å². The summed E-state index contributed by atoms with van der Waals surface area (Å²) < 4.78 is 10.1. The first-order valence-corrected chi connectivity index (χ1v) is 6.60. The number of carboxylic acids is 1. The number of aliphatic carboxylic acids is 1. The van der Waals surface area contributed by atoms with E-state index in [1.807, 2.05) is 0 Å². The molecule has 1 heterocycles. The van der Waals surface area contributed by atoms with E-state index >= 15 is 0 Å². The summed E-state index contributed by atoms with van der Waals surface area (Å²) in [5.74, 6) is -0.106. The van der Waals surface area contributed by atoms with E-state index in [1.54, 1.807) is 6.07 Å². The topological polar surface area (TPSA) is 93.6 Å². The Morgan fingerprint density at radius 1 is 1.25 bits per heavy atom. The number of rotatable bonds is 5. The van der Waals surface area contributed by atoms with E-state index in [0.29, 0.717) is 24.1 Å². The number of carbonyl (C=O) groups is 1. The van der Waals surface area contributed by atoms with Crippen LogP contribution < -0.4 is 14.8 Å². The van der Waals surface area contributed by atoms with Crippen LogP contribution in [0.15, 0.2) is 6.07 Å². The average Bonchev–Trinajstić information content (AvgIpc) is 2.47. The lowest BCUT2D eigenvalue weighted by Crippen LogP contribution is -2.37. The first-order chi connectivity index (χ1) is 9.63. The predicted octanol–water partition coefficient (Wildman–Crippen LogP) is 1.55. The van der Waals surface area contributed by atoms with Crippen LogP contribution in [0.5, 0.6) is 11.8 Å². The molecule has 0 aliphatic heterocycles. The smallest absolute Gasteiger partial charge is 0.308 e. The van der Waals surface area contributed by atoms with Crippen molar-refractivity contribution in [3.63, 3.8) is 0 Å². The molecule has 2 atom stereocenters. The maximum absolute atomic E-state index is 11.3. The summed E-state index contributed by atoms with van der Waals surface area (Å²) in [6, 6.07) is 1.40. The number of anilines is 1. The summed E-state index contributed by atoms with van der Waals surface area (Å²) in [5, 5.41) is 12.4. The van der Waals surface area contributed by atoms with Crippen molar-refractivity contribution in [3.05, 3.63) is 6.07 Å². The third-order valence-electron chi connectivity index (χ3n) is 3.50. The van der Waals surface area contributed by atoms with Crippen LogP contribution in [0.3, 0.4) is 0 Å². The number of hydrogen-bond acceptors (Lipinski definition) is 6. The molecule has 0 radical (unpaired) electrons. The predicted molar refractivity (Wildman–Crippen MR) is 72.1 cm³/mol. The van der Waals surface area contributed by atoms with Gasteiger partial charge in [-0.15, -0.1) is 0 Å². The minimum Gasteiger partial charge on any atom is -0.481 e. The molecular formula is C13H19N3O4. The van der Waals surface area contributed by atoms with Crippen molar-refractivity contribution >= 4 is 11.9 Å². The van der Waals surface area contributed by atoms with E-state index < -0.39 is 11.9 Å². The van der Waals surface area contributed by atoms with Gasteiger partial charge in [-0.2, -0.15) is 9.97 Å². The van der Waals surface area contributed by atoms with E-state index in [0.717, 1.165) is 19.3 Å². The summed E-state index contributed by atoms with van der Waals surface area (Å²) in [5.41, 5.74) is 0. The second-order valence-electron chi connectivity index (χ2n) is 4.76. The van der Waals surface area contributed by atoms with Gasteiger partial charge in [0, 0.05) is 6.04 Å². The second-order valence-corrected chi connectivity index (χ2v) is 4.76. The number of nitrogens with zero attached hydrogens (tertiary/aromatic N) is 2. The highest BCUT2D eigenvalue weighted by molar-refractivity contribution is 5.71. The molecule has 20 heavy (non-hydrogen) atoms. The first-order valence-electron chi connectivity index (χ1n) is 6.60. The van der Waals surface area contributed by atoms with Crippen molar-refractivity contribution in [3.8, 4) is 11.8 Å². The Bertz CT molecular complexity index is 458. The van der Waals surface area contributed by atoms with Crippen molar-refractivity contribution in [2.45, 2.75) is 31.7 Å². The van der Waals surface area contributed by atoms with Gasteiger partial charge in [0.25, 0.3) is 0 Å². The fourth-order valence-corrected chi connectivity index (χ4v) is 2.44. The quantitative estimate of drug-likeness (QED) is 0.845. The maximum Gasteiger partial charge on any atom is 0.308 e. The molecule has 1 fully saturated rings. The molecule has 7 heteroatoms. The fourth-order valence-electron chi connectivity index (χ4n) is 2.44. The van der Waals surface area contributed by atoms with Crippen LogP contribution in [0.4, 0.5) is 5.95 Å². The Kier molecular flexibility index (Phi) is 4.60. The van der Waals surface area contributed by atoms with Gasteiger partial charge in [-0.3, -0.25) is 4.79 Å². The van der Waals surface area contributed by atoms with Gasteiger partial charge in [0.15, 0.2) is 0 Å². The Morgan fingerprint density at radius 2 is 1.85 bits per heavy atom. The molecule has 1 aromatic heterocycles. The van der Waals surface area contributed by atoms with Crippen LogP contribution in [0, 0.1) is 5.92 Å². The molecular weight excluding hydrogens is 262 g/mol. The first kappa shape index (κ1) is 14.4. The number of methoxy groups -OCH3 is 2. The van der Waals surface area contributed by atoms with Gasteiger partial charge in [0.05, 0.1) is 26.2 Å². The highest BCUT2D eigenvalue weighted by Gasteiger charge is 2.31. The van der Waals surface area contributed by atoms with Gasteiger partial charge in [-0.1, -0.05) is 12.8 Å². The summed E-state index contributed by atoms with van der Waals surface area (Å²) in [7, 11) is 3.01. The van der Waals surface area contributed by atoms with Crippen LogP contribution in [-0.4, -0.2) is 41.3 Å². The minimum atomic E-state index is -0.780. The van der Waals surface area contributed by atoms with Crippen molar-refractivity contribution in [2.24, 2.45) is 5.92 Å². The lowest BCUT2D eigenvalue weighted by atomic mass is 9.84. The van der Waals surface area contributed by atoms with E-state index in [-0.39, 0.29) is 6.04 Å². The van der Waals surface area contributed by atoms with Gasteiger partial charge in [0.2, 0.25) is 17.7 Å². The number of ether oxygens (including phenoxy) is 2. The van der Waals surface area contributed by atoms with Gasteiger partial charge < -0.3 is 19.9 Å². The van der Waals surface area contributed by atoms with E-state index in [2.05, 4.69) is 15.3 Å². The molecule has 2 rings (SSSR count). The van der Waals surface area contributed by atoms with Gasteiger partial charge in [-0.25, -0.2) is 0 Å². The molecule has 1 aliphatic rings. The number of carboxylic acid groups (broad SMARTS) is 1. The normalized spacial score (nSPS) is 22.1. The van der Waals surface area contributed by atoms with Crippen molar-refractivity contribution in [1.29, 1.82) is 0 Å². The van der Waals surface area contributed by atoms with Crippen LogP contribution in [-0.2, 0) is 4.79 Å². The Labute approximate surface area is 117 Å². The zero-order valence-corrected chi connectivity index (χ0v) is 11.6. The second kappa shape index (κ2) is 6.40. The highest BCUT2D eigenvalue weighted by Crippen LogP contribution is 2.27. The molecule has 0 aromatic carbocycles. The minimum absolute atomic E-state index is 0.168. The maximum atomic E-state index is 11.3. The summed E-state index contributed by atoms with van der Waals surface area (Å²) >= 11 is 0. The largest absolute Gasteiger partial charge is 0.481 e. The molecule has 0 spiro atoms. The molecule has 110 valence electrons.